The molecule has 0 radical (unpaired) electrons. The average molecular weight is 691 g/mol. The van der Waals surface area contributed by atoms with Crippen molar-refractivity contribution in [2.24, 2.45) is 0 Å². The van der Waals surface area contributed by atoms with E-state index in [0.717, 1.165) is 56.3 Å². The Kier molecular flexibility index (Phi) is 7.41. The van der Waals surface area contributed by atoms with Crippen LogP contribution in [0.1, 0.15) is 0 Å². The summed E-state index contributed by atoms with van der Waals surface area (Å²) in [6.45, 7) is 7.56. The van der Waals surface area contributed by atoms with Crippen molar-refractivity contribution >= 4 is 55.3 Å². The lowest BCUT2D eigenvalue weighted by molar-refractivity contribution is 1.18. The molecule has 10 aromatic rings. The summed E-state index contributed by atoms with van der Waals surface area (Å²) in [6.07, 6.45) is 9.29. The topological polar surface area (TPSA) is 51.2 Å². The number of pyridine rings is 3. The zero-order chi connectivity index (χ0) is 36.0. The van der Waals surface area contributed by atoms with Gasteiger partial charge in [0.15, 0.2) is 5.69 Å². The van der Waals surface area contributed by atoms with Gasteiger partial charge in [-0.15, -0.1) is 0 Å². The first-order chi connectivity index (χ1) is 26.7. The summed E-state index contributed by atoms with van der Waals surface area (Å²) in [5.74, 6) is 0. The molecule has 54 heavy (non-hydrogen) atoms. The minimum Gasteiger partial charge on any atom is -0.309 e. The third kappa shape index (κ3) is 5.23. The number of rotatable bonds is 7. The molecule has 4 heterocycles. The number of benzene rings is 6. The first-order valence-corrected chi connectivity index (χ1v) is 17.8. The van der Waals surface area contributed by atoms with E-state index in [2.05, 4.69) is 140 Å². The Morgan fingerprint density at radius 2 is 1.24 bits per heavy atom. The summed E-state index contributed by atoms with van der Waals surface area (Å²) in [7, 11) is 0. The Bertz CT molecular complexity index is 2910. The van der Waals surface area contributed by atoms with E-state index in [4.69, 9.17) is 11.6 Å². The zero-order valence-corrected chi connectivity index (χ0v) is 29.0. The molecule has 0 spiro atoms. The van der Waals surface area contributed by atoms with Crippen LogP contribution in [0.15, 0.2) is 183 Å². The molecule has 252 valence electrons. The molecule has 0 saturated heterocycles. The Labute approximate surface area is 312 Å². The molecule has 0 aliphatic rings. The highest BCUT2D eigenvalue weighted by atomic mass is 15.1. The van der Waals surface area contributed by atoms with E-state index < -0.39 is 0 Å². The van der Waals surface area contributed by atoms with Crippen LogP contribution in [0, 0.1) is 6.57 Å². The van der Waals surface area contributed by atoms with Crippen LogP contribution in [0.3, 0.4) is 0 Å². The van der Waals surface area contributed by atoms with Gasteiger partial charge < -0.3 is 9.47 Å². The number of aromatic nitrogens is 4. The Morgan fingerprint density at radius 1 is 0.519 bits per heavy atom. The maximum atomic E-state index is 7.56. The third-order valence-electron chi connectivity index (χ3n) is 10.2. The lowest BCUT2D eigenvalue weighted by Crippen LogP contribution is -2.10. The van der Waals surface area contributed by atoms with E-state index in [1.165, 1.54) is 32.6 Å². The highest BCUT2D eigenvalue weighted by Crippen LogP contribution is 2.44. The SMILES string of the molecule is [C-]#[N+]c1ccc(N(c2ccc(-c3ccc4c5c3ccc3cccc(c35)n4-c3ccccc3)nc2)c2cc(-c3cccnc3)cc(-c3cccnc3)c2)cc1. The predicted molar refractivity (Wildman–Crippen MR) is 220 cm³/mol. The van der Waals surface area contributed by atoms with Gasteiger partial charge in [-0.25, -0.2) is 4.85 Å². The van der Waals surface area contributed by atoms with E-state index in [-0.39, 0.29) is 0 Å². The highest BCUT2D eigenvalue weighted by Gasteiger charge is 2.20. The van der Waals surface area contributed by atoms with Crippen molar-refractivity contribution in [2.75, 3.05) is 4.90 Å². The molecule has 0 atom stereocenters. The van der Waals surface area contributed by atoms with Gasteiger partial charge in [0.1, 0.15) is 0 Å². The summed E-state index contributed by atoms with van der Waals surface area (Å²) in [5.41, 5.74) is 12.9. The van der Waals surface area contributed by atoms with Crippen molar-refractivity contribution in [3.05, 3.63) is 194 Å². The van der Waals surface area contributed by atoms with E-state index in [1.54, 1.807) is 12.4 Å². The van der Waals surface area contributed by atoms with Gasteiger partial charge in [0, 0.05) is 69.3 Å². The molecule has 0 N–H and O–H groups in total. The first kappa shape index (κ1) is 31.1. The quantitative estimate of drug-likeness (QED) is 0.123. The van der Waals surface area contributed by atoms with Gasteiger partial charge in [0.2, 0.25) is 0 Å². The van der Waals surface area contributed by atoms with Crippen LogP contribution in [0.4, 0.5) is 22.7 Å². The summed E-state index contributed by atoms with van der Waals surface area (Å²) in [5, 5.41) is 4.90. The molecule has 0 aliphatic carbocycles. The minimum atomic E-state index is 0.585. The van der Waals surface area contributed by atoms with Crippen molar-refractivity contribution in [3.63, 3.8) is 0 Å². The second-order valence-corrected chi connectivity index (χ2v) is 13.3. The molecule has 0 saturated carbocycles. The molecule has 6 heteroatoms. The van der Waals surface area contributed by atoms with Crippen LogP contribution in [-0.4, -0.2) is 19.5 Å². The normalized spacial score (nSPS) is 11.3. The fraction of sp³-hybridized carbons (Fsp3) is 0. The first-order valence-electron chi connectivity index (χ1n) is 17.8. The highest BCUT2D eigenvalue weighted by molar-refractivity contribution is 6.26. The molecule has 0 unspecified atom stereocenters. The Morgan fingerprint density at radius 3 is 1.91 bits per heavy atom. The van der Waals surface area contributed by atoms with Crippen molar-refractivity contribution < 1.29 is 0 Å². The van der Waals surface area contributed by atoms with Gasteiger partial charge in [-0.1, -0.05) is 72.8 Å². The molecule has 0 fully saturated rings. The summed E-state index contributed by atoms with van der Waals surface area (Å²) < 4.78 is 2.36. The van der Waals surface area contributed by atoms with Crippen molar-refractivity contribution in [1.82, 2.24) is 19.5 Å². The van der Waals surface area contributed by atoms with Crippen LogP contribution < -0.4 is 4.90 Å². The molecule has 0 amide bonds. The maximum absolute atomic E-state index is 7.56. The van der Waals surface area contributed by atoms with Crippen LogP contribution in [0.2, 0.25) is 0 Å². The summed E-state index contributed by atoms with van der Waals surface area (Å²) >= 11 is 0. The lowest BCUT2D eigenvalue weighted by Gasteiger charge is -2.27. The van der Waals surface area contributed by atoms with Crippen LogP contribution in [0.25, 0.3) is 76.6 Å². The summed E-state index contributed by atoms with van der Waals surface area (Å²) in [4.78, 5) is 19.8. The van der Waals surface area contributed by atoms with Gasteiger partial charge in [-0.2, -0.15) is 0 Å². The number of hydrogen-bond donors (Lipinski definition) is 0. The second-order valence-electron chi connectivity index (χ2n) is 13.3. The van der Waals surface area contributed by atoms with E-state index >= 15 is 0 Å². The lowest BCUT2D eigenvalue weighted by atomic mass is 9.96. The van der Waals surface area contributed by atoms with Gasteiger partial charge in [0.25, 0.3) is 0 Å². The van der Waals surface area contributed by atoms with Gasteiger partial charge in [-0.3, -0.25) is 15.0 Å². The zero-order valence-electron chi connectivity index (χ0n) is 29.0. The number of para-hydroxylation sites is 1. The number of hydrogen-bond acceptors (Lipinski definition) is 4. The molecule has 4 aromatic heterocycles. The van der Waals surface area contributed by atoms with E-state index in [9.17, 15) is 0 Å². The maximum Gasteiger partial charge on any atom is 0.187 e. The van der Waals surface area contributed by atoms with E-state index in [1.807, 2.05) is 55.0 Å². The third-order valence-corrected chi connectivity index (χ3v) is 10.2. The monoisotopic (exact) mass is 690 g/mol. The standard InChI is InChI=1S/C48H30N6/c1-49-37-15-17-39(18-16-37)53(41-27-35(33-9-6-24-50-29-33)26-36(28-41)34-10-7-25-51-30-34)40-19-22-44(52-31-40)42-21-23-46-48-43(42)20-14-32-8-5-13-45(47(32)48)54(46)38-11-3-2-4-12-38/h2-31H. The fourth-order valence-electron chi connectivity index (χ4n) is 7.71. The number of nitrogens with zero attached hydrogens (tertiary/aromatic N) is 6. The second kappa shape index (κ2) is 12.9. The Balaban J connectivity index is 1.13. The molecule has 0 bridgehead atoms. The molecular weight excluding hydrogens is 661 g/mol. The average Bonchev–Trinajstić information content (AvgIpc) is 3.60. The molecule has 6 nitrogen and oxygen atoms in total. The van der Waals surface area contributed by atoms with Crippen molar-refractivity contribution in [3.8, 4) is 39.2 Å². The predicted octanol–water partition coefficient (Wildman–Crippen LogP) is 12.6. The number of anilines is 3. The minimum absolute atomic E-state index is 0.585. The molecule has 10 rings (SSSR count). The van der Waals surface area contributed by atoms with Crippen molar-refractivity contribution in [2.45, 2.75) is 0 Å². The molecule has 0 aliphatic heterocycles. The largest absolute Gasteiger partial charge is 0.309 e. The van der Waals surface area contributed by atoms with E-state index in [0.29, 0.717) is 5.69 Å². The smallest absolute Gasteiger partial charge is 0.187 e. The molecular formula is C48H30N6. The van der Waals surface area contributed by atoms with Crippen LogP contribution in [0.5, 0.6) is 0 Å². The summed E-state index contributed by atoms with van der Waals surface area (Å²) in [6, 6.07) is 52.5. The van der Waals surface area contributed by atoms with Gasteiger partial charge >= 0.3 is 0 Å². The van der Waals surface area contributed by atoms with Gasteiger partial charge in [-0.05, 0) is 101 Å². The fourth-order valence-corrected chi connectivity index (χ4v) is 7.71. The van der Waals surface area contributed by atoms with Crippen LogP contribution in [-0.2, 0) is 0 Å². The van der Waals surface area contributed by atoms with Crippen LogP contribution >= 0.6 is 0 Å². The Hall–Kier alpha value is -7.62. The molecule has 6 aromatic carbocycles. The van der Waals surface area contributed by atoms with Gasteiger partial charge in [0.05, 0.1) is 35.2 Å². The van der Waals surface area contributed by atoms with Crippen molar-refractivity contribution in [1.29, 1.82) is 0 Å².